The fourth-order valence-electron chi connectivity index (χ4n) is 2.68. The minimum absolute atomic E-state index is 0.117. The van der Waals surface area contributed by atoms with Gasteiger partial charge < -0.3 is 10.2 Å². The number of anilines is 2. The van der Waals surface area contributed by atoms with Crippen LogP contribution in [0.5, 0.6) is 0 Å². The highest BCUT2D eigenvalue weighted by atomic mass is 16.1. The molecule has 0 aliphatic carbocycles. The van der Waals surface area contributed by atoms with Gasteiger partial charge in [0.2, 0.25) is 0 Å². The first-order chi connectivity index (χ1) is 11.7. The average Bonchev–Trinajstić information content (AvgIpc) is 2.93. The van der Waals surface area contributed by atoms with Crippen LogP contribution in [-0.2, 0) is 5.54 Å². The second-order valence-electron chi connectivity index (χ2n) is 7.53. The van der Waals surface area contributed by atoms with E-state index in [-0.39, 0.29) is 11.4 Å². The van der Waals surface area contributed by atoms with Gasteiger partial charge in [-0.2, -0.15) is 5.10 Å². The summed E-state index contributed by atoms with van der Waals surface area (Å²) in [6, 6.07) is 9.64. The summed E-state index contributed by atoms with van der Waals surface area (Å²) in [4.78, 5) is 14.8. The Kier molecular flexibility index (Phi) is 5.88. The Bertz CT molecular complexity index is 710. The molecule has 1 aromatic carbocycles. The molecule has 0 aliphatic heterocycles. The summed E-state index contributed by atoms with van der Waals surface area (Å²) in [5, 5.41) is 7.47. The number of nitrogens with one attached hydrogen (secondary N) is 1. The summed E-state index contributed by atoms with van der Waals surface area (Å²) in [6.45, 7) is 11.3. The van der Waals surface area contributed by atoms with Crippen molar-refractivity contribution in [2.75, 3.05) is 23.8 Å². The summed E-state index contributed by atoms with van der Waals surface area (Å²) in [5.41, 5.74) is 2.47. The highest BCUT2D eigenvalue weighted by Crippen LogP contribution is 2.22. The summed E-state index contributed by atoms with van der Waals surface area (Å²) >= 11 is 0. The second-order valence-corrected chi connectivity index (χ2v) is 7.53. The van der Waals surface area contributed by atoms with E-state index in [1.54, 1.807) is 0 Å². The monoisotopic (exact) mass is 342 g/mol. The number of nitrogens with zero attached hydrogens (tertiary/aromatic N) is 3. The van der Waals surface area contributed by atoms with Crippen LogP contribution in [-0.4, -0.2) is 29.3 Å². The van der Waals surface area contributed by atoms with E-state index < -0.39 is 0 Å². The highest BCUT2D eigenvalue weighted by Gasteiger charge is 2.20. The molecule has 136 valence electrons. The predicted octanol–water partition coefficient (Wildman–Crippen LogP) is 4.44. The minimum Gasteiger partial charge on any atom is -0.375 e. The van der Waals surface area contributed by atoms with E-state index in [1.165, 1.54) is 6.42 Å². The molecular formula is C20H30N4O. The number of amides is 1. The van der Waals surface area contributed by atoms with E-state index in [0.717, 1.165) is 30.2 Å². The summed E-state index contributed by atoms with van der Waals surface area (Å²) in [7, 11) is 2.08. The first-order valence-electron chi connectivity index (χ1n) is 8.92. The van der Waals surface area contributed by atoms with Crippen LogP contribution in [0.2, 0.25) is 0 Å². The van der Waals surface area contributed by atoms with Crippen molar-refractivity contribution >= 4 is 17.4 Å². The zero-order chi connectivity index (χ0) is 18.6. The van der Waals surface area contributed by atoms with E-state index in [1.807, 2.05) is 41.9 Å². The van der Waals surface area contributed by atoms with Crippen LogP contribution in [0, 0.1) is 6.92 Å². The maximum absolute atomic E-state index is 12.6. The Morgan fingerprint density at radius 1 is 1.24 bits per heavy atom. The number of aryl methyl sites for hydroxylation is 1. The third kappa shape index (κ3) is 4.84. The van der Waals surface area contributed by atoms with Gasteiger partial charge in [0.05, 0.1) is 11.2 Å². The smallest absolute Gasteiger partial charge is 0.256 e. The molecule has 1 amide bonds. The molecule has 1 N–H and O–H groups in total. The topological polar surface area (TPSA) is 50.2 Å². The van der Waals surface area contributed by atoms with Crippen LogP contribution in [0.25, 0.3) is 0 Å². The number of rotatable bonds is 6. The molecule has 5 heteroatoms. The van der Waals surface area contributed by atoms with Gasteiger partial charge in [0.15, 0.2) is 0 Å². The Balaban J connectivity index is 2.12. The molecule has 0 bridgehead atoms. The molecule has 25 heavy (non-hydrogen) atoms. The molecule has 0 atom stereocenters. The number of unbranched alkanes of at least 4 members (excludes halogenated alkanes) is 1. The molecule has 2 aromatic rings. The number of hydrogen-bond donors (Lipinski definition) is 1. The largest absolute Gasteiger partial charge is 0.375 e. The molecule has 0 saturated heterocycles. The second kappa shape index (κ2) is 7.72. The number of hydrogen-bond acceptors (Lipinski definition) is 3. The Morgan fingerprint density at radius 2 is 1.88 bits per heavy atom. The van der Waals surface area contributed by atoms with Crippen LogP contribution in [0.4, 0.5) is 11.5 Å². The minimum atomic E-state index is -0.192. The maximum atomic E-state index is 12.6. The first-order valence-corrected chi connectivity index (χ1v) is 8.92. The first kappa shape index (κ1) is 19.0. The number of carbonyl (C=O) groups excluding carboxylic acids is 1. The van der Waals surface area contributed by atoms with Crippen LogP contribution >= 0.6 is 0 Å². The van der Waals surface area contributed by atoms with Crippen LogP contribution < -0.4 is 10.2 Å². The standard InChI is InChI=1S/C20H30N4O/c1-7-8-13-23(6)17-11-9-16(10-12-17)19(25)21-18-14-15(2)22-24(18)20(3,4)5/h9-12,14H,7-8,13H2,1-6H3,(H,21,25). The van der Waals surface area contributed by atoms with Gasteiger partial charge in [0, 0.05) is 30.9 Å². The molecule has 0 aliphatic rings. The van der Waals surface area contributed by atoms with Crippen LogP contribution in [0.3, 0.4) is 0 Å². The lowest BCUT2D eigenvalue weighted by molar-refractivity contribution is 0.102. The maximum Gasteiger partial charge on any atom is 0.256 e. The van der Waals surface area contributed by atoms with Crippen molar-refractivity contribution in [3.63, 3.8) is 0 Å². The van der Waals surface area contributed by atoms with Crippen molar-refractivity contribution in [2.45, 2.75) is 53.0 Å². The van der Waals surface area contributed by atoms with Gasteiger partial charge >= 0.3 is 0 Å². The summed E-state index contributed by atoms with van der Waals surface area (Å²) in [6.07, 6.45) is 2.33. The number of benzene rings is 1. The molecule has 2 rings (SSSR count). The Hall–Kier alpha value is -2.30. The van der Waals surface area contributed by atoms with Crippen LogP contribution in [0.15, 0.2) is 30.3 Å². The van der Waals surface area contributed by atoms with Crippen molar-refractivity contribution in [1.29, 1.82) is 0 Å². The molecule has 1 heterocycles. The Morgan fingerprint density at radius 3 is 2.44 bits per heavy atom. The lowest BCUT2D eigenvalue weighted by atomic mass is 10.1. The fraction of sp³-hybridized carbons (Fsp3) is 0.500. The van der Waals surface area contributed by atoms with E-state index in [9.17, 15) is 4.79 Å². The lowest BCUT2D eigenvalue weighted by Gasteiger charge is -2.22. The molecule has 0 saturated carbocycles. The van der Waals surface area contributed by atoms with Gasteiger partial charge in [-0.15, -0.1) is 0 Å². The summed E-state index contributed by atoms with van der Waals surface area (Å²) in [5.74, 6) is 0.604. The molecule has 5 nitrogen and oxygen atoms in total. The SMILES string of the molecule is CCCCN(C)c1ccc(C(=O)Nc2cc(C)nn2C(C)(C)C)cc1. The van der Waals surface area contributed by atoms with E-state index in [0.29, 0.717) is 5.56 Å². The third-order valence-electron chi connectivity index (χ3n) is 4.13. The van der Waals surface area contributed by atoms with E-state index in [4.69, 9.17) is 0 Å². The average molecular weight is 342 g/mol. The van der Waals surface area contributed by atoms with Gasteiger partial charge in [0.1, 0.15) is 5.82 Å². The third-order valence-corrected chi connectivity index (χ3v) is 4.13. The van der Waals surface area contributed by atoms with E-state index >= 15 is 0 Å². The molecule has 1 aromatic heterocycles. The van der Waals surface area contributed by atoms with Crippen molar-refractivity contribution in [3.05, 3.63) is 41.6 Å². The van der Waals surface area contributed by atoms with Crippen LogP contribution in [0.1, 0.15) is 56.6 Å². The van der Waals surface area contributed by atoms with Gasteiger partial charge in [-0.05, 0) is 58.4 Å². The van der Waals surface area contributed by atoms with Crippen molar-refractivity contribution in [2.24, 2.45) is 0 Å². The van der Waals surface area contributed by atoms with Gasteiger partial charge in [0.25, 0.3) is 5.91 Å². The predicted molar refractivity (Wildman–Crippen MR) is 105 cm³/mol. The van der Waals surface area contributed by atoms with Gasteiger partial charge in [-0.1, -0.05) is 13.3 Å². The normalized spacial score (nSPS) is 11.4. The Labute approximate surface area is 151 Å². The molecule has 0 fully saturated rings. The molecule has 0 radical (unpaired) electrons. The highest BCUT2D eigenvalue weighted by molar-refractivity contribution is 6.04. The zero-order valence-electron chi connectivity index (χ0n) is 16.3. The summed E-state index contributed by atoms with van der Waals surface area (Å²) < 4.78 is 1.85. The quantitative estimate of drug-likeness (QED) is 0.844. The van der Waals surface area contributed by atoms with Gasteiger partial charge in [-0.3, -0.25) is 4.79 Å². The lowest BCUT2D eigenvalue weighted by Crippen LogP contribution is -2.26. The fourth-order valence-corrected chi connectivity index (χ4v) is 2.68. The van der Waals surface area contributed by atoms with Crippen molar-refractivity contribution < 1.29 is 4.79 Å². The zero-order valence-corrected chi connectivity index (χ0v) is 16.3. The number of aromatic nitrogens is 2. The molecule has 0 unspecified atom stereocenters. The van der Waals surface area contributed by atoms with Crippen molar-refractivity contribution in [1.82, 2.24) is 9.78 Å². The molecule has 0 spiro atoms. The number of carbonyl (C=O) groups is 1. The molecular weight excluding hydrogens is 312 g/mol. The van der Waals surface area contributed by atoms with Gasteiger partial charge in [-0.25, -0.2) is 4.68 Å². The van der Waals surface area contributed by atoms with E-state index in [2.05, 4.69) is 50.1 Å². The van der Waals surface area contributed by atoms with Crippen molar-refractivity contribution in [3.8, 4) is 0 Å².